The van der Waals surface area contributed by atoms with Crippen LogP contribution in [-0.4, -0.2) is 29.0 Å². The van der Waals surface area contributed by atoms with E-state index in [1.54, 1.807) is 0 Å². The Morgan fingerprint density at radius 1 is 1.40 bits per heavy atom. The van der Waals surface area contributed by atoms with Gasteiger partial charge in [-0.2, -0.15) is 0 Å². The van der Waals surface area contributed by atoms with Crippen molar-refractivity contribution in [2.45, 2.75) is 26.2 Å². The predicted molar refractivity (Wildman–Crippen MR) is 94.6 cm³/mol. The Labute approximate surface area is 136 Å². The molecule has 5 nitrogen and oxygen atoms in total. The topological polar surface area (TPSA) is 79.1 Å². The number of para-hydroxylation sites is 2. The van der Waals surface area contributed by atoms with Gasteiger partial charge >= 0.3 is 0 Å². The molecule has 0 bridgehead atoms. The second-order valence-electron chi connectivity index (χ2n) is 4.50. The molecule has 0 aliphatic heterocycles. The van der Waals surface area contributed by atoms with Crippen LogP contribution in [0.3, 0.4) is 0 Å². The molecular formula is C14H22IN5. The van der Waals surface area contributed by atoms with Crippen LogP contribution in [-0.2, 0) is 6.42 Å². The third-order valence-corrected chi connectivity index (χ3v) is 2.84. The fourth-order valence-electron chi connectivity index (χ4n) is 1.88. The van der Waals surface area contributed by atoms with Gasteiger partial charge in [0.15, 0.2) is 5.96 Å². The molecule has 2 rings (SSSR count). The lowest BCUT2D eigenvalue weighted by atomic mass is 10.3. The van der Waals surface area contributed by atoms with Gasteiger partial charge in [0.2, 0.25) is 0 Å². The van der Waals surface area contributed by atoms with E-state index < -0.39 is 0 Å². The Hall–Kier alpha value is -1.31. The number of rotatable bonds is 6. The molecule has 0 aliphatic rings. The van der Waals surface area contributed by atoms with Gasteiger partial charge in [-0.3, -0.25) is 4.99 Å². The standard InChI is InChI=1S/C14H21N5.HI/c1-2-9-16-14(15)17-10-5-8-13-18-11-6-3-4-7-12(11)19-13;/h3-4,6-7H,2,5,8-10H2,1H3,(H,18,19)(H3,15,16,17);1H. The van der Waals surface area contributed by atoms with E-state index in [2.05, 4.69) is 27.2 Å². The summed E-state index contributed by atoms with van der Waals surface area (Å²) in [5, 5.41) is 3.11. The Balaban J connectivity index is 0.00000200. The summed E-state index contributed by atoms with van der Waals surface area (Å²) in [6, 6.07) is 8.07. The van der Waals surface area contributed by atoms with Crippen molar-refractivity contribution in [3.63, 3.8) is 0 Å². The average Bonchev–Trinajstić information content (AvgIpc) is 2.84. The summed E-state index contributed by atoms with van der Waals surface area (Å²) in [5.41, 5.74) is 7.83. The molecule has 0 amide bonds. The predicted octanol–water partition coefficient (Wildman–Crippen LogP) is 2.43. The van der Waals surface area contributed by atoms with Gasteiger partial charge in [-0.05, 0) is 25.0 Å². The number of nitrogens with one attached hydrogen (secondary N) is 2. The fraction of sp³-hybridized carbons (Fsp3) is 0.429. The molecule has 1 aromatic heterocycles. The van der Waals surface area contributed by atoms with Crippen LogP contribution in [0.4, 0.5) is 0 Å². The van der Waals surface area contributed by atoms with E-state index in [0.29, 0.717) is 5.96 Å². The number of H-pyrrole nitrogens is 1. The molecule has 0 aliphatic carbocycles. The van der Waals surface area contributed by atoms with Crippen molar-refractivity contribution in [2.75, 3.05) is 13.1 Å². The number of halogens is 1. The molecule has 1 aromatic carbocycles. The molecule has 4 N–H and O–H groups in total. The highest BCUT2D eigenvalue weighted by molar-refractivity contribution is 14.0. The van der Waals surface area contributed by atoms with Gasteiger partial charge in [-0.25, -0.2) is 4.98 Å². The number of hydrogen-bond acceptors (Lipinski definition) is 2. The average molecular weight is 387 g/mol. The van der Waals surface area contributed by atoms with Crippen LogP contribution in [0, 0.1) is 0 Å². The molecule has 0 saturated carbocycles. The van der Waals surface area contributed by atoms with Gasteiger partial charge in [0, 0.05) is 19.5 Å². The van der Waals surface area contributed by atoms with Gasteiger partial charge in [-0.1, -0.05) is 19.1 Å². The molecule has 20 heavy (non-hydrogen) atoms. The van der Waals surface area contributed by atoms with Crippen molar-refractivity contribution < 1.29 is 0 Å². The van der Waals surface area contributed by atoms with Crippen molar-refractivity contribution in [2.24, 2.45) is 10.7 Å². The van der Waals surface area contributed by atoms with Crippen LogP contribution in [0.2, 0.25) is 0 Å². The molecule has 0 radical (unpaired) electrons. The molecule has 1 heterocycles. The summed E-state index contributed by atoms with van der Waals surface area (Å²) in [7, 11) is 0. The molecular weight excluding hydrogens is 365 g/mol. The number of aryl methyl sites for hydroxylation is 1. The van der Waals surface area contributed by atoms with Crippen LogP contribution in [0.5, 0.6) is 0 Å². The van der Waals surface area contributed by atoms with Crippen LogP contribution >= 0.6 is 24.0 Å². The first-order valence-corrected chi connectivity index (χ1v) is 6.77. The first-order valence-electron chi connectivity index (χ1n) is 6.77. The minimum Gasteiger partial charge on any atom is -0.370 e. The summed E-state index contributed by atoms with van der Waals surface area (Å²) >= 11 is 0. The molecule has 0 fully saturated rings. The maximum absolute atomic E-state index is 5.72. The van der Waals surface area contributed by atoms with Gasteiger partial charge in [0.1, 0.15) is 5.82 Å². The monoisotopic (exact) mass is 387 g/mol. The lowest BCUT2D eigenvalue weighted by Crippen LogP contribution is -2.32. The molecule has 0 saturated heterocycles. The lowest BCUT2D eigenvalue weighted by Gasteiger charge is -2.04. The van der Waals surface area contributed by atoms with E-state index in [1.165, 1.54) is 0 Å². The van der Waals surface area contributed by atoms with Crippen molar-refractivity contribution in [1.82, 2.24) is 15.3 Å². The van der Waals surface area contributed by atoms with Crippen LogP contribution in [0.1, 0.15) is 25.6 Å². The summed E-state index contributed by atoms with van der Waals surface area (Å²) in [6.07, 6.45) is 2.90. The number of nitrogens with zero attached hydrogens (tertiary/aromatic N) is 2. The Morgan fingerprint density at radius 2 is 2.20 bits per heavy atom. The first kappa shape index (κ1) is 16.7. The molecule has 0 unspecified atom stereocenters. The molecule has 2 aromatic rings. The number of aromatic nitrogens is 2. The summed E-state index contributed by atoms with van der Waals surface area (Å²) < 4.78 is 0. The van der Waals surface area contributed by atoms with E-state index in [4.69, 9.17) is 5.73 Å². The zero-order valence-electron chi connectivity index (χ0n) is 11.7. The first-order chi connectivity index (χ1) is 9.29. The molecule has 0 spiro atoms. The van der Waals surface area contributed by atoms with Crippen molar-refractivity contribution in [3.05, 3.63) is 30.1 Å². The van der Waals surface area contributed by atoms with Crippen LogP contribution < -0.4 is 11.1 Å². The maximum atomic E-state index is 5.72. The lowest BCUT2D eigenvalue weighted by molar-refractivity contribution is 0.743. The minimum atomic E-state index is 0. The van der Waals surface area contributed by atoms with E-state index in [0.717, 1.165) is 49.2 Å². The smallest absolute Gasteiger partial charge is 0.188 e. The number of guanidine groups is 1. The van der Waals surface area contributed by atoms with E-state index >= 15 is 0 Å². The normalized spacial score (nSPS) is 11.3. The Kier molecular flexibility index (Phi) is 7.35. The zero-order chi connectivity index (χ0) is 13.5. The highest BCUT2D eigenvalue weighted by atomic mass is 127. The molecule has 110 valence electrons. The third-order valence-electron chi connectivity index (χ3n) is 2.84. The second-order valence-corrected chi connectivity index (χ2v) is 4.50. The number of nitrogens with two attached hydrogens (primary N) is 1. The van der Waals surface area contributed by atoms with Crippen LogP contribution in [0.15, 0.2) is 29.3 Å². The Bertz CT molecular complexity index is 516. The van der Waals surface area contributed by atoms with Crippen LogP contribution in [0.25, 0.3) is 11.0 Å². The summed E-state index contributed by atoms with van der Waals surface area (Å²) in [6.45, 7) is 3.68. The third kappa shape index (κ3) is 4.99. The number of fused-ring (bicyclic) bond motifs is 1. The number of hydrogen-bond donors (Lipinski definition) is 3. The van der Waals surface area contributed by atoms with E-state index in [-0.39, 0.29) is 24.0 Å². The minimum absolute atomic E-state index is 0. The van der Waals surface area contributed by atoms with E-state index in [1.807, 2.05) is 24.3 Å². The summed E-state index contributed by atoms with van der Waals surface area (Å²) in [4.78, 5) is 12.0. The number of imidazole rings is 1. The quantitative estimate of drug-likeness (QED) is 0.308. The van der Waals surface area contributed by atoms with Gasteiger partial charge < -0.3 is 16.0 Å². The van der Waals surface area contributed by atoms with Crippen molar-refractivity contribution >= 4 is 41.0 Å². The fourth-order valence-corrected chi connectivity index (χ4v) is 1.88. The van der Waals surface area contributed by atoms with E-state index in [9.17, 15) is 0 Å². The second kappa shape index (κ2) is 8.78. The Morgan fingerprint density at radius 3 is 2.95 bits per heavy atom. The molecule has 6 heteroatoms. The van der Waals surface area contributed by atoms with Gasteiger partial charge in [0.05, 0.1) is 11.0 Å². The summed E-state index contributed by atoms with van der Waals surface area (Å²) in [5.74, 6) is 1.55. The number of aromatic amines is 1. The maximum Gasteiger partial charge on any atom is 0.188 e. The zero-order valence-corrected chi connectivity index (χ0v) is 14.1. The highest BCUT2D eigenvalue weighted by Crippen LogP contribution is 2.10. The molecule has 0 atom stereocenters. The van der Waals surface area contributed by atoms with Crippen molar-refractivity contribution in [1.29, 1.82) is 0 Å². The number of benzene rings is 1. The van der Waals surface area contributed by atoms with Crippen molar-refractivity contribution in [3.8, 4) is 0 Å². The largest absolute Gasteiger partial charge is 0.370 e. The van der Waals surface area contributed by atoms with Gasteiger partial charge in [0.25, 0.3) is 0 Å². The SMILES string of the molecule is CCCN=C(N)NCCCc1nc2ccccc2[nH]1.I. The highest BCUT2D eigenvalue weighted by Gasteiger charge is 2.01. The van der Waals surface area contributed by atoms with Gasteiger partial charge in [-0.15, -0.1) is 24.0 Å². The number of aliphatic imine (C=N–C) groups is 1.